The number of rotatable bonds is 7. The van der Waals surface area contributed by atoms with Crippen LogP contribution in [-0.2, 0) is 4.74 Å². The zero-order valence-corrected chi connectivity index (χ0v) is 12.2. The van der Waals surface area contributed by atoms with Gasteiger partial charge in [-0.05, 0) is 25.5 Å². The van der Waals surface area contributed by atoms with Gasteiger partial charge in [-0.2, -0.15) is 12.6 Å². The van der Waals surface area contributed by atoms with Gasteiger partial charge in [0.15, 0.2) is 11.5 Å². The summed E-state index contributed by atoms with van der Waals surface area (Å²) in [5.41, 5.74) is 6.92. The van der Waals surface area contributed by atoms with Crippen molar-refractivity contribution in [2.24, 2.45) is 0 Å². The molecule has 0 radical (unpaired) electrons. The number of anilines is 1. The molecule has 0 aromatic carbocycles. The monoisotopic (exact) mass is 297 g/mol. The maximum Gasteiger partial charge on any atom is 0.167 e. The first-order valence-corrected chi connectivity index (χ1v) is 7.10. The Morgan fingerprint density at radius 2 is 2.25 bits per heavy atom. The molecule has 2 aromatic rings. The second-order valence-electron chi connectivity index (χ2n) is 4.49. The van der Waals surface area contributed by atoms with Gasteiger partial charge in [-0.15, -0.1) is 0 Å². The maximum absolute atomic E-state index is 9.34. The van der Waals surface area contributed by atoms with Crippen molar-refractivity contribution in [3.8, 4) is 0 Å². The van der Waals surface area contributed by atoms with E-state index < -0.39 is 0 Å². The molecular formula is C12H19N5O2S. The summed E-state index contributed by atoms with van der Waals surface area (Å²) in [6, 6.07) is 0. The van der Waals surface area contributed by atoms with Crippen LogP contribution in [0, 0.1) is 0 Å². The fourth-order valence-corrected chi connectivity index (χ4v) is 2.18. The SMILES string of the molecule is C[C@@H](O[C@H](CO)CCCS)n1cnc2c(N)ncnc21. The fourth-order valence-electron chi connectivity index (χ4n) is 2.00. The highest BCUT2D eigenvalue weighted by Crippen LogP contribution is 2.21. The molecule has 0 aliphatic carbocycles. The zero-order chi connectivity index (χ0) is 14.5. The first-order valence-electron chi connectivity index (χ1n) is 6.47. The first kappa shape index (κ1) is 15.0. The number of nitrogens with two attached hydrogens (primary N) is 1. The van der Waals surface area contributed by atoms with Gasteiger partial charge in [0.25, 0.3) is 0 Å². The van der Waals surface area contributed by atoms with Gasteiger partial charge in [-0.1, -0.05) is 0 Å². The average Bonchev–Trinajstić information content (AvgIpc) is 2.88. The van der Waals surface area contributed by atoms with Crippen molar-refractivity contribution in [2.45, 2.75) is 32.1 Å². The van der Waals surface area contributed by atoms with Crippen LogP contribution in [0.1, 0.15) is 26.0 Å². The molecular weight excluding hydrogens is 278 g/mol. The van der Waals surface area contributed by atoms with Gasteiger partial charge in [-0.3, -0.25) is 4.57 Å². The summed E-state index contributed by atoms with van der Waals surface area (Å²) >= 11 is 4.16. The van der Waals surface area contributed by atoms with Crippen molar-refractivity contribution in [1.82, 2.24) is 19.5 Å². The summed E-state index contributed by atoms with van der Waals surface area (Å²) in [5.74, 6) is 1.11. The minimum atomic E-state index is -0.300. The van der Waals surface area contributed by atoms with E-state index in [1.54, 1.807) is 10.9 Å². The zero-order valence-electron chi connectivity index (χ0n) is 11.3. The number of aliphatic hydroxyl groups excluding tert-OH is 1. The molecule has 0 aliphatic heterocycles. The van der Waals surface area contributed by atoms with E-state index in [9.17, 15) is 5.11 Å². The molecule has 7 nitrogen and oxygen atoms in total. The normalized spacial score (nSPS) is 14.6. The molecule has 0 saturated heterocycles. The molecule has 0 fully saturated rings. The summed E-state index contributed by atoms with van der Waals surface area (Å²) in [6.07, 6.45) is 4.13. The van der Waals surface area contributed by atoms with Crippen molar-refractivity contribution in [1.29, 1.82) is 0 Å². The number of thiol groups is 1. The van der Waals surface area contributed by atoms with E-state index in [4.69, 9.17) is 10.5 Å². The topological polar surface area (TPSA) is 99.1 Å². The lowest BCUT2D eigenvalue weighted by atomic mass is 10.2. The second kappa shape index (κ2) is 6.87. The summed E-state index contributed by atoms with van der Waals surface area (Å²) in [7, 11) is 0. The number of aliphatic hydroxyl groups is 1. The van der Waals surface area contributed by atoms with E-state index in [0.717, 1.165) is 18.6 Å². The van der Waals surface area contributed by atoms with Crippen LogP contribution >= 0.6 is 12.6 Å². The van der Waals surface area contributed by atoms with E-state index >= 15 is 0 Å². The Morgan fingerprint density at radius 1 is 1.45 bits per heavy atom. The Labute approximate surface area is 122 Å². The number of ether oxygens (including phenoxy) is 1. The Bertz CT molecular complexity index is 562. The number of hydrogen-bond donors (Lipinski definition) is 3. The molecule has 2 heterocycles. The van der Waals surface area contributed by atoms with Gasteiger partial charge in [0, 0.05) is 0 Å². The number of nitrogen functional groups attached to an aromatic ring is 1. The summed E-state index contributed by atoms with van der Waals surface area (Å²) in [6.45, 7) is 1.85. The van der Waals surface area contributed by atoms with Crippen LogP contribution in [0.5, 0.6) is 0 Å². The van der Waals surface area contributed by atoms with Crippen molar-refractivity contribution in [2.75, 3.05) is 18.1 Å². The Morgan fingerprint density at radius 3 is 2.95 bits per heavy atom. The van der Waals surface area contributed by atoms with E-state index in [2.05, 4.69) is 27.6 Å². The Kier molecular flexibility index (Phi) is 5.16. The van der Waals surface area contributed by atoms with E-state index in [1.165, 1.54) is 6.33 Å². The van der Waals surface area contributed by atoms with Crippen LogP contribution in [-0.4, -0.2) is 43.1 Å². The largest absolute Gasteiger partial charge is 0.394 e. The maximum atomic E-state index is 9.34. The Balaban J connectivity index is 2.14. The summed E-state index contributed by atoms with van der Waals surface area (Å²) < 4.78 is 7.61. The molecule has 2 atom stereocenters. The Hall–Kier alpha value is -1.38. The van der Waals surface area contributed by atoms with Crippen molar-refractivity contribution < 1.29 is 9.84 Å². The lowest BCUT2D eigenvalue weighted by Gasteiger charge is -2.21. The van der Waals surface area contributed by atoms with Crippen molar-refractivity contribution in [3.63, 3.8) is 0 Å². The molecule has 0 amide bonds. The lowest BCUT2D eigenvalue weighted by Crippen LogP contribution is -2.22. The van der Waals surface area contributed by atoms with Gasteiger partial charge < -0.3 is 15.6 Å². The van der Waals surface area contributed by atoms with Gasteiger partial charge in [0.2, 0.25) is 0 Å². The highest BCUT2D eigenvalue weighted by molar-refractivity contribution is 7.80. The quantitative estimate of drug-likeness (QED) is 0.660. The number of imidazole rings is 1. The third kappa shape index (κ3) is 3.20. The summed E-state index contributed by atoms with van der Waals surface area (Å²) in [4.78, 5) is 12.3. The van der Waals surface area contributed by atoms with Crippen LogP contribution in [0.15, 0.2) is 12.7 Å². The van der Waals surface area contributed by atoms with Crippen LogP contribution in [0.3, 0.4) is 0 Å². The lowest BCUT2D eigenvalue weighted by molar-refractivity contribution is -0.0668. The number of aromatic nitrogens is 4. The molecule has 0 aliphatic rings. The number of hydrogen-bond acceptors (Lipinski definition) is 7. The standard InChI is InChI=1S/C12H19N5O2S/c1-8(19-9(5-18)3-2-4-20)17-7-16-10-11(13)14-6-15-12(10)17/h6-9,18,20H,2-5H2,1H3,(H2,13,14,15)/t8-,9+/m1/s1. The molecule has 20 heavy (non-hydrogen) atoms. The van der Waals surface area contributed by atoms with Crippen LogP contribution in [0.4, 0.5) is 5.82 Å². The molecule has 110 valence electrons. The fraction of sp³-hybridized carbons (Fsp3) is 0.583. The van der Waals surface area contributed by atoms with E-state index in [1.807, 2.05) is 6.92 Å². The van der Waals surface area contributed by atoms with Gasteiger partial charge >= 0.3 is 0 Å². The minimum absolute atomic E-state index is 0.0259. The molecule has 2 aromatic heterocycles. The predicted octanol–water partition coefficient (Wildman–Crippen LogP) is 1.01. The predicted molar refractivity (Wildman–Crippen MR) is 79.5 cm³/mol. The molecule has 8 heteroatoms. The van der Waals surface area contributed by atoms with Crippen LogP contribution < -0.4 is 5.73 Å². The number of nitrogens with zero attached hydrogens (tertiary/aromatic N) is 4. The number of fused-ring (bicyclic) bond motifs is 1. The summed E-state index contributed by atoms with van der Waals surface area (Å²) in [5, 5.41) is 9.34. The molecule has 2 rings (SSSR count). The minimum Gasteiger partial charge on any atom is -0.394 e. The molecule has 0 spiro atoms. The molecule has 0 unspecified atom stereocenters. The highest BCUT2D eigenvalue weighted by Gasteiger charge is 2.17. The smallest absolute Gasteiger partial charge is 0.167 e. The highest BCUT2D eigenvalue weighted by atomic mass is 32.1. The molecule has 0 saturated carbocycles. The van der Waals surface area contributed by atoms with E-state index in [0.29, 0.717) is 17.0 Å². The molecule has 0 bridgehead atoms. The van der Waals surface area contributed by atoms with Gasteiger partial charge in [0.1, 0.15) is 18.1 Å². The van der Waals surface area contributed by atoms with Crippen LogP contribution in [0.25, 0.3) is 11.2 Å². The molecule has 3 N–H and O–H groups in total. The van der Waals surface area contributed by atoms with Crippen molar-refractivity contribution in [3.05, 3.63) is 12.7 Å². The van der Waals surface area contributed by atoms with Crippen LogP contribution in [0.2, 0.25) is 0 Å². The van der Waals surface area contributed by atoms with Crippen molar-refractivity contribution >= 4 is 29.6 Å². The third-order valence-electron chi connectivity index (χ3n) is 3.06. The third-order valence-corrected chi connectivity index (χ3v) is 3.37. The van der Waals surface area contributed by atoms with Gasteiger partial charge in [-0.25, -0.2) is 15.0 Å². The first-order chi connectivity index (χ1) is 9.67. The van der Waals surface area contributed by atoms with E-state index in [-0.39, 0.29) is 18.9 Å². The second-order valence-corrected chi connectivity index (χ2v) is 4.94. The average molecular weight is 297 g/mol. The van der Waals surface area contributed by atoms with Gasteiger partial charge in [0.05, 0.1) is 19.0 Å².